The first-order valence-electron chi connectivity index (χ1n) is 6.72. The van der Waals surface area contributed by atoms with E-state index in [1.807, 2.05) is 65.8 Å². The van der Waals surface area contributed by atoms with E-state index < -0.39 is 0 Å². The molecule has 0 fully saturated rings. The topological polar surface area (TPSA) is 46.1 Å². The van der Waals surface area contributed by atoms with E-state index in [-0.39, 0.29) is 37.7 Å². The monoisotopic (exact) mass is 360 g/mol. The van der Waals surface area contributed by atoms with Gasteiger partial charge in [0.1, 0.15) is 0 Å². The van der Waals surface area contributed by atoms with Gasteiger partial charge >= 0.3 is 26.2 Å². The second-order valence-electron chi connectivity index (χ2n) is 5.46. The van der Waals surface area contributed by atoms with E-state index in [0.717, 1.165) is 33.4 Å². The first-order valence-corrected chi connectivity index (χ1v) is 6.72. The van der Waals surface area contributed by atoms with Gasteiger partial charge in [-0.15, -0.1) is 11.5 Å². The number of hydrogen-bond donors (Lipinski definition) is 0. The van der Waals surface area contributed by atoms with Gasteiger partial charge in [-0.05, 0) is 41.5 Å². The van der Waals surface area contributed by atoms with Crippen LogP contribution in [-0.4, -0.2) is 0 Å². The summed E-state index contributed by atoms with van der Waals surface area (Å²) in [5.74, 6) is 0.344. The molecule has 3 heteroatoms. The van der Waals surface area contributed by atoms with Gasteiger partial charge in [0.15, 0.2) is 0 Å². The fourth-order valence-electron chi connectivity index (χ4n) is 2.33. The molecule has 21 heavy (non-hydrogen) atoms. The molecule has 0 aliphatic rings. The van der Waals surface area contributed by atoms with Crippen molar-refractivity contribution in [2.75, 3.05) is 0 Å². The summed E-state index contributed by atoms with van der Waals surface area (Å²) >= 11 is 0. The molecule has 0 heterocycles. The van der Waals surface area contributed by atoms with Crippen molar-refractivity contribution in [2.45, 2.75) is 41.5 Å². The summed E-state index contributed by atoms with van der Waals surface area (Å²) < 4.78 is 0. The molecular formula is C18H22O2Zr. The Bertz CT molecular complexity index is 517. The molecule has 0 bridgehead atoms. The van der Waals surface area contributed by atoms with Gasteiger partial charge in [-0.25, -0.2) is 0 Å². The van der Waals surface area contributed by atoms with Crippen LogP contribution in [0.5, 0.6) is 11.5 Å². The maximum absolute atomic E-state index is 11.1. The zero-order valence-corrected chi connectivity index (χ0v) is 16.1. The smallest absolute Gasteiger partial charge is 0.872 e. The van der Waals surface area contributed by atoms with E-state index in [4.69, 9.17) is 0 Å². The minimum atomic E-state index is 0. The SMILES string of the molecule is Cc1cc(C)c([O-])c(C)c1.Cc1cc(C)c([O-])c(C)c1.[Zr+2]. The Morgan fingerprint density at radius 1 is 0.524 bits per heavy atom. The first kappa shape index (κ1) is 19.9. The third kappa shape index (κ3) is 5.67. The van der Waals surface area contributed by atoms with Crippen molar-refractivity contribution in [3.63, 3.8) is 0 Å². The largest absolute Gasteiger partial charge is 2.00 e. The summed E-state index contributed by atoms with van der Waals surface area (Å²) in [6.07, 6.45) is 0. The minimum absolute atomic E-state index is 0. The summed E-state index contributed by atoms with van der Waals surface area (Å²) in [5.41, 5.74) is 5.70. The van der Waals surface area contributed by atoms with Gasteiger partial charge < -0.3 is 10.2 Å². The molecule has 0 spiro atoms. The number of aryl methyl sites for hydroxylation is 6. The molecule has 0 saturated carbocycles. The fraction of sp³-hybridized carbons (Fsp3) is 0.333. The maximum atomic E-state index is 11.1. The van der Waals surface area contributed by atoms with Gasteiger partial charge in [-0.1, -0.05) is 57.6 Å². The summed E-state index contributed by atoms with van der Waals surface area (Å²) in [6, 6.07) is 7.65. The van der Waals surface area contributed by atoms with Crippen LogP contribution in [0.1, 0.15) is 33.4 Å². The Balaban J connectivity index is 0.000000364. The average molecular weight is 362 g/mol. The van der Waals surface area contributed by atoms with Crippen molar-refractivity contribution in [3.8, 4) is 11.5 Å². The van der Waals surface area contributed by atoms with Crippen LogP contribution < -0.4 is 10.2 Å². The van der Waals surface area contributed by atoms with Crippen LogP contribution in [0.3, 0.4) is 0 Å². The fourth-order valence-corrected chi connectivity index (χ4v) is 2.33. The molecule has 0 N–H and O–H groups in total. The van der Waals surface area contributed by atoms with Gasteiger partial charge in [-0.3, -0.25) is 0 Å². The zero-order valence-electron chi connectivity index (χ0n) is 13.6. The molecule has 0 atom stereocenters. The zero-order chi connectivity index (χ0) is 15.4. The van der Waals surface area contributed by atoms with E-state index in [1.165, 1.54) is 0 Å². The van der Waals surface area contributed by atoms with Crippen LogP contribution in [0.2, 0.25) is 0 Å². The standard InChI is InChI=1S/2C9H12O.Zr/c2*1-6-4-7(2)9(10)8(3)5-6;/h2*4-5,10H,1-3H3;/q;;+2/p-2. The maximum Gasteiger partial charge on any atom is 2.00 e. The van der Waals surface area contributed by atoms with Crippen molar-refractivity contribution in [3.05, 3.63) is 57.6 Å². The third-order valence-corrected chi connectivity index (χ3v) is 3.21. The quantitative estimate of drug-likeness (QED) is 0.722. The van der Waals surface area contributed by atoms with Crippen molar-refractivity contribution < 1.29 is 36.4 Å². The average Bonchev–Trinajstić information content (AvgIpc) is 2.33. The van der Waals surface area contributed by atoms with E-state index in [1.54, 1.807) is 0 Å². The molecule has 0 amide bonds. The Morgan fingerprint density at radius 2 is 0.714 bits per heavy atom. The third-order valence-electron chi connectivity index (χ3n) is 3.21. The van der Waals surface area contributed by atoms with Crippen LogP contribution >= 0.6 is 0 Å². The van der Waals surface area contributed by atoms with E-state index in [2.05, 4.69) is 0 Å². The van der Waals surface area contributed by atoms with Crippen molar-refractivity contribution in [1.82, 2.24) is 0 Å². The molecule has 2 aromatic rings. The molecule has 2 aromatic carbocycles. The van der Waals surface area contributed by atoms with E-state index >= 15 is 0 Å². The van der Waals surface area contributed by atoms with Crippen LogP contribution in [0.25, 0.3) is 0 Å². The number of hydrogen-bond acceptors (Lipinski definition) is 2. The van der Waals surface area contributed by atoms with E-state index in [9.17, 15) is 10.2 Å². The van der Waals surface area contributed by atoms with Crippen LogP contribution in [0.4, 0.5) is 0 Å². The Hall–Kier alpha value is -1.08. The Kier molecular flexibility index (Phi) is 7.96. The van der Waals surface area contributed by atoms with Crippen LogP contribution in [0, 0.1) is 41.5 Å². The van der Waals surface area contributed by atoms with Crippen LogP contribution in [0.15, 0.2) is 24.3 Å². The Morgan fingerprint density at radius 3 is 0.905 bits per heavy atom. The second-order valence-corrected chi connectivity index (χ2v) is 5.46. The van der Waals surface area contributed by atoms with Crippen molar-refractivity contribution in [2.24, 2.45) is 0 Å². The van der Waals surface area contributed by atoms with Gasteiger partial charge in [0.2, 0.25) is 0 Å². The first-order chi connectivity index (χ1) is 9.22. The van der Waals surface area contributed by atoms with Crippen molar-refractivity contribution in [1.29, 1.82) is 0 Å². The molecule has 0 aliphatic carbocycles. The minimum Gasteiger partial charge on any atom is -0.872 e. The summed E-state index contributed by atoms with van der Waals surface area (Å²) in [5, 5.41) is 22.2. The molecule has 0 saturated heterocycles. The number of benzene rings is 2. The second kappa shape index (κ2) is 8.39. The molecule has 2 nitrogen and oxygen atoms in total. The number of rotatable bonds is 0. The van der Waals surface area contributed by atoms with Gasteiger partial charge in [0.25, 0.3) is 0 Å². The van der Waals surface area contributed by atoms with Gasteiger partial charge in [0, 0.05) is 0 Å². The molecular weight excluding hydrogens is 339 g/mol. The van der Waals surface area contributed by atoms with E-state index in [0.29, 0.717) is 0 Å². The molecule has 110 valence electrons. The predicted octanol–water partition coefficient (Wildman–Crippen LogP) is 3.37. The Labute approximate surface area is 147 Å². The van der Waals surface area contributed by atoms with Crippen LogP contribution in [-0.2, 0) is 26.2 Å². The summed E-state index contributed by atoms with van der Waals surface area (Å²) in [7, 11) is 0. The van der Waals surface area contributed by atoms with Crippen molar-refractivity contribution >= 4 is 0 Å². The summed E-state index contributed by atoms with van der Waals surface area (Å²) in [6.45, 7) is 11.4. The predicted molar refractivity (Wildman–Crippen MR) is 80.2 cm³/mol. The molecule has 0 radical (unpaired) electrons. The van der Waals surface area contributed by atoms with Gasteiger partial charge in [0.05, 0.1) is 0 Å². The molecule has 0 unspecified atom stereocenters. The molecule has 0 aliphatic heterocycles. The molecule has 0 aromatic heterocycles. The van der Waals surface area contributed by atoms with Gasteiger partial charge in [-0.2, -0.15) is 0 Å². The summed E-state index contributed by atoms with van der Waals surface area (Å²) in [4.78, 5) is 0. The molecule has 2 rings (SSSR count). The normalized spacial score (nSPS) is 9.43.